The number of amides is 1. The molecule has 5 heteroatoms. The summed E-state index contributed by atoms with van der Waals surface area (Å²) in [5.41, 5.74) is 1.02. The van der Waals surface area contributed by atoms with Gasteiger partial charge < -0.3 is 5.32 Å². The van der Waals surface area contributed by atoms with Gasteiger partial charge in [-0.2, -0.15) is 5.10 Å². The Bertz CT molecular complexity index is 357. The lowest BCUT2D eigenvalue weighted by Crippen LogP contribution is -2.25. The number of carbonyl (C=O) groups excluding carboxylic acids is 1. The lowest BCUT2D eigenvalue weighted by Gasteiger charge is -2.05. The SMILES string of the molecule is CCCCCCNC(=O)CCn1cc(I)c(C)n1. The molecule has 0 bridgehead atoms. The molecule has 0 spiro atoms. The molecule has 102 valence electrons. The van der Waals surface area contributed by atoms with Crippen LogP contribution in [0.3, 0.4) is 0 Å². The molecule has 0 aliphatic heterocycles. The summed E-state index contributed by atoms with van der Waals surface area (Å²) in [7, 11) is 0. The van der Waals surface area contributed by atoms with Crippen LogP contribution in [0.5, 0.6) is 0 Å². The van der Waals surface area contributed by atoms with Crippen molar-refractivity contribution < 1.29 is 4.79 Å². The molecule has 4 nitrogen and oxygen atoms in total. The molecule has 18 heavy (non-hydrogen) atoms. The molecule has 1 aromatic rings. The first kappa shape index (κ1) is 15.5. The fourth-order valence-electron chi connectivity index (χ4n) is 1.69. The number of aromatic nitrogens is 2. The molecule has 0 aliphatic carbocycles. The molecule has 0 unspecified atom stereocenters. The van der Waals surface area contributed by atoms with Crippen LogP contribution in [-0.4, -0.2) is 22.2 Å². The maximum Gasteiger partial charge on any atom is 0.221 e. The highest BCUT2D eigenvalue weighted by atomic mass is 127. The van der Waals surface area contributed by atoms with Crippen molar-refractivity contribution in [2.45, 2.75) is 52.5 Å². The average molecular weight is 363 g/mol. The van der Waals surface area contributed by atoms with Crippen LogP contribution in [0.15, 0.2) is 6.20 Å². The van der Waals surface area contributed by atoms with Gasteiger partial charge in [-0.05, 0) is 35.9 Å². The number of rotatable bonds is 8. The van der Waals surface area contributed by atoms with E-state index in [-0.39, 0.29) is 5.91 Å². The number of carbonyl (C=O) groups is 1. The van der Waals surface area contributed by atoms with Crippen LogP contribution in [-0.2, 0) is 11.3 Å². The third-order valence-electron chi connectivity index (χ3n) is 2.81. The largest absolute Gasteiger partial charge is 0.356 e. The zero-order chi connectivity index (χ0) is 13.4. The first-order valence-corrected chi connectivity index (χ1v) is 7.67. The van der Waals surface area contributed by atoms with Crippen LogP contribution in [0.1, 0.15) is 44.7 Å². The van der Waals surface area contributed by atoms with Gasteiger partial charge in [0.2, 0.25) is 5.91 Å². The van der Waals surface area contributed by atoms with E-state index < -0.39 is 0 Å². The van der Waals surface area contributed by atoms with E-state index in [1.54, 1.807) is 0 Å². The molecule has 0 atom stereocenters. The van der Waals surface area contributed by atoms with Crippen LogP contribution in [0.2, 0.25) is 0 Å². The second-order valence-electron chi connectivity index (χ2n) is 4.49. The lowest BCUT2D eigenvalue weighted by molar-refractivity contribution is -0.121. The number of halogens is 1. The summed E-state index contributed by atoms with van der Waals surface area (Å²) in [4.78, 5) is 11.6. The van der Waals surface area contributed by atoms with Crippen LogP contribution in [0, 0.1) is 10.5 Å². The lowest BCUT2D eigenvalue weighted by atomic mass is 10.2. The van der Waals surface area contributed by atoms with Crippen molar-refractivity contribution in [2.24, 2.45) is 0 Å². The molecule has 1 aromatic heterocycles. The molecular formula is C13H22IN3O. The molecule has 0 saturated carbocycles. The Hall–Kier alpha value is -0.590. The number of unbranched alkanes of at least 4 members (excludes halogenated alkanes) is 3. The van der Waals surface area contributed by atoms with E-state index >= 15 is 0 Å². The second-order valence-corrected chi connectivity index (χ2v) is 5.65. The molecule has 0 aromatic carbocycles. The second kappa shape index (κ2) is 8.50. The molecule has 1 rings (SSSR count). The highest BCUT2D eigenvalue weighted by Crippen LogP contribution is 2.08. The van der Waals surface area contributed by atoms with Crippen molar-refractivity contribution in [2.75, 3.05) is 6.54 Å². The van der Waals surface area contributed by atoms with Gasteiger partial charge in [-0.15, -0.1) is 0 Å². The van der Waals surface area contributed by atoms with Crippen molar-refractivity contribution in [1.29, 1.82) is 0 Å². The van der Waals surface area contributed by atoms with Gasteiger partial charge in [0, 0.05) is 25.7 Å². The smallest absolute Gasteiger partial charge is 0.221 e. The van der Waals surface area contributed by atoms with Gasteiger partial charge in [-0.3, -0.25) is 9.48 Å². The minimum atomic E-state index is 0.120. The van der Waals surface area contributed by atoms with Crippen molar-refractivity contribution in [3.05, 3.63) is 15.5 Å². The third kappa shape index (κ3) is 5.84. The van der Waals surface area contributed by atoms with Crippen molar-refractivity contribution in [3.8, 4) is 0 Å². The summed E-state index contributed by atoms with van der Waals surface area (Å²) in [6, 6.07) is 0. The van der Waals surface area contributed by atoms with E-state index in [4.69, 9.17) is 0 Å². The van der Waals surface area contributed by atoms with Crippen LogP contribution in [0.4, 0.5) is 0 Å². The van der Waals surface area contributed by atoms with Crippen LogP contribution >= 0.6 is 22.6 Å². The Kier molecular flexibility index (Phi) is 7.31. The van der Waals surface area contributed by atoms with E-state index in [1.165, 1.54) is 19.3 Å². The Balaban J connectivity index is 2.13. The van der Waals surface area contributed by atoms with Gasteiger partial charge >= 0.3 is 0 Å². The summed E-state index contributed by atoms with van der Waals surface area (Å²) >= 11 is 2.25. The molecule has 1 N–H and O–H groups in total. The maximum atomic E-state index is 11.6. The average Bonchev–Trinajstić information content (AvgIpc) is 2.66. The summed E-state index contributed by atoms with van der Waals surface area (Å²) in [6.07, 6.45) is 7.24. The Morgan fingerprint density at radius 2 is 2.22 bits per heavy atom. The molecule has 0 radical (unpaired) electrons. The van der Waals surface area contributed by atoms with Crippen molar-refractivity contribution >= 4 is 28.5 Å². The molecule has 0 fully saturated rings. The normalized spacial score (nSPS) is 10.6. The van der Waals surface area contributed by atoms with E-state index in [9.17, 15) is 4.79 Å². The van der Waals surface area contributed by atoms with E-state index in [0.29, 0.717) is 13.0 Å². The van der Waals surface area contributed by atoms with Gasteiger partial charge in [-0.1, -0.05) is 26.2 Å². The zero-order valence-electron chi connectivity index (χ0n) is 11.2. The summed E-state index contributed by atoms with van der Waals surface area (Å²) in [5.74, 6) is 0.120. The topological polar surface area (TPSA) is 46.9 Å². The summed E-state index contributed by atoms with van der Waals surface area (Å²) in [5, 5.41) is 7.28. The molecule has 0 aliphatic rings. The molecule has 1 heterocycles. The van der Waals surface area contributed by atoms with Crippen molar-refractivity contribution in [1.82, 2.24) is 15.1 Å². The van der Waals surface area contributed by atoms with E-state index in [1.807, 2.05) is 17.8 Å². The quantitative estimate of drug-likeness (QED) is 0.570. The molecular weight excluding hydrogens is 341 g/mol. The summed E-state index contributed by atoms with van der Waals surface area (Å²) in [6.45, 7) is 5.62. The third-order valence-corrected chi connectivity index (χ3v) is 3.87. The van der Waals surface area contributed by atoms with E-state index in [2.05, 4.69) is 39.9 Å². The first-order chi connectivity index (χ1) is 8.63. The first-order valence-electron chi connectivity index (χ1n) is 6.59. The minimum Gasteiger partial charge on any atom is -0.356 e. The fraction of sp³-hybridized carbons (Fsp3) is 0.692. The van der Waals surface area contributed by atoms with Gasteiger partial charge in [0.1, 0.15) is 0 Å². The van der Waals surface area contributed by atoms with E-state index in [0.717, 1.165) is 22.2 Å². The van der Waals surface area contributed by atoms with Crippen LogP contribution < -0.4 is 5.32 Å². The summed E-state index contributed by atoms with van der Waals surface area (Å²) < 4.78 is 2.99. The zero-order valence-corrected chi connectivity index (χ0v) is 13.4. The van der Waals surface area contributed by atoms with Crippen molar-refractivity contribution in [3.63, 3.8) is 0 Å². The Labute approximate surface area is 123 Å². The number of hydrogen-bond donors (Lipinski definition) is 1. The number of hydrogen-bond acceptors (Lipinski definition) is 2. The minimum absolute atomic E-state index is 0.120. The Morgan fingerprint density at radius 3 is 2.83 bits per heavy atom. The highest BCUT2D eigenvalue weighted by Gasteiger charge is 2.04. The predicted molar refractivity (Wildman–Crippen MR) is 81.4 cm³/mol. The van der Waals surface area contributed by atoms with Gasteiger partial charge in [0.05, 0.1) is 9.26 Å². The maximum absolute atomic E-state index is 11.6. The number of aryl methyl sites for hydroxylation is 2. The Morgan fingerprint density at radius 1 is 1.44 bits per heavy atom. The van der Waals surface area contributed by atoms with Gasteiger partial charge in [-0.25, -0.2) is 0 Å². The standard InChI is InChI=1S/C13H22IN3O/c1-3-4-5-6-8-15-13(18)7-9-17-10-12(14)11(2)16-17/h10H,3-9H2,1-2H3,(H,15,18). The van der Waals surface area contributed by atoms with Gasteiger partial charge in [0.15, 0.2) is 0 Å². The fourth-order valence-corrected chi connectivity index (χ4v) is 2.12. The predicted octanol–water partition coefficient (Wildman–Crippen LogP) is 2.88. The highest BCUT2D eigenvalue weighted by molar-refractivity contribution is 14.1. The van der Waals surface area contributed by atoms with Crippen LogP contribution in [0.25, 0.3) is 0 Å². The van der Waals surface area contributed by atoms with Gasteiger partial charge in [0.25, 0.3) is 0 Å². The molecule has 1 amide bonds. The molecule has 0 saturated heterocycles. The number of nitrogens with one attached hydrogen (secondary N) is 1. The number of nitrogens with zero attached hydrogens (tertiary/aromatic N) is 2. The monoisotopic (exact) mass is 363 g/mol.